The van der Waals surface area contributed by atoms with Crippen molar-refractivity contribution in [1.82, 2.24) is 5.32 Å². The lowest BCUT2D eigenvalue weighted by atomic mass is 10.1. The number of benzene rings is 1. The number of hydrogen-bond donors (Lipinski definition) is 1. The molecular formula is C12H15NO. The molecule has 2 nitrogen and oxygen atoms in total. The predicted molar refractivity (Wildman–Crippen MR) is 58.5 cm³/mol. The molecule has 14 heavy (non-hydrogen) atoms. The van der Waals surface area contributed by atoms with Crippen molar-refractivity contribution < 1.29 is 4.74 Å². The van der Waals surface area contributed by atoms with Crippen molar-refractivity contribution in [3.8, 4) is 5.75 Å². The van der Waals surface area contributed by atoms with Crippen molar-refractivity contribution in [2.24, 2.45) is 0 Å². The number of nitrogens with one attached hydrogen (secondary N) is 1. The first-order chi connectivity index (χ1) is 6.88. The topological polar surface area (TPSA) is 21.3 Å². The van der Waals surface area contributed by atoms with Gasteiger partial charge in [0.15, 0.2) is 0 Å². The second-order valence-electron chi connectivity index (χ2n) is 3.51. The van der Waals surface area contributed by atoms with Gasteiger partial charge in [-0.1, -0.05) is 23.8 Å². The van der Waals surface area contributed by atoms with Gasteiger partial charge in [-0.05, 0) is 30.7 Å². The van der Waals surface area contributed by atoms with E-state index in [0.717, 1.165) is 25.3 Å². The summed E-state index contributed by atoms with van der Waals surface area (Å²) in [6, 6.07) is 8.15. The van der Waals surface area contributed by atoms with Crippen LogP contribution in [-0.2, 0) is 0 Å². The van der Waals surface area contributed by atoms with E-state index in [-0.39, 0.29) is 0 Å². The van der Waals surface area contributed by atoms with Gasteiger partial charge < -0.3 is 10.1 Å². The molecule has 0 amide bonds. The summed E-state index contributed by atoms with van der Waals surface area (Å²) in [6.45, 7) is 2.13. The minimum Gasteiger partial charge on any atom is -0.497 e. The second-order valence-corrected chi connectivity index (χ2v) is 3.51. The molecule has 0 spiro atoms. The van der Waals surface area contributed by atoms with E-state index in [2.05, 4.69) is 23.5 Å². The third kappa shape index (κ3) is 2.15. The lowest BCUT2D eigenvalue weighted by Crippen LogP contribution is -2.04. The van der Waals surface area contributed by atoms with Gasteiger partial charge in [0.05, 0.1) is 7.11 Å². The molecule has 0 unspecified atom stereocenters. The highest BCUT2D eigenvalue weighted by Gasteiger charge is 2.04. The van der Waals surface area contributed by atoms with Crippen molar-refractivity contribution >= 4 is 6.08 Å². The summed E-state index contributed by atoms with van der Waals surface area (Å²) in [6.07, 6.45) is 3.40. The van der Waals surface area contributed by atoms with Gasteiger partial charge in [0.2, 0.25) is 0 Å². The number of methoxy groups -OCH3 is 1. The number of hydrogen-bond acceptors (Lipinski definition) is 2. The molecule has 1 saturated heterocycles. The number of ether oxygens (including phenoxy) is 1. The lowest BCUT2D eigenvalue weighted by molar-refractivity contribution is 0.414. The summed E-state index contributed by atoms with van der Waals surface area (Å²) in [5, 5.41) is 3.32. The lowest BCUT2D eigenvalue weighted by Gasteiger charge is -2.01. The van der Waals surface area contributed by atoms with Crippen LogP contribution in [0.15, 0.2) is 29.8 Å². The van der Waals surface area contributed by atoms with Crippen molar-refractivity contribution in [3.63, 3.8) is 0 Å². The molecule has 2 rings (SSSR count). The van der Waals surface area contributed by atoms with Crippen molar-refractivity contribution in [2.45, 2.75) is 6.42 Å². The van der Waals surface area contributed by atoms with Gasteiger partial charge in [0.25, 0.3) is 0 Å². The Morgan fingerprint density at radius 1 is 1.43 bits per heavy atom. The highest BCUT2D eigenvalue weighted by Crippen LogP contribution is 2.17. The first kappa shape index (κ1) is 9.28. The zero-order chi connectivity index (χ0) is 9.80. The molecule has 0 bridgehead atoms. The molecule has 1 aromatic carbocycles. The van der Waals surface area contributed by atoms with Gasteiger partial charge in [-0.3, -0.25) is 0 Å². The first-order valence-electron chi connectivity index (χ1n) is 4.93. The van der Waals surface area contributed by atoms with Crippen LogP contribution in [0.25, 0.3) is 6.08 Å². The standard InChI is InChI=1S/C12H15NO/c1-14-12-4-2-3-10(8-12)7-11-5-6-13-9-11/h2-4,7-8,13H,5-6,9H2,1H3. The van der Waals surface area contributed by atoms with Crippen LogP contribution in [0.1, 0.15) is 12.0 Å². The molecule has 1 aliphatic rings. The molecule has 0 saturated carbocycles. The Morgan fingerprint density at radius 3 is 3.07 bits per heavy atom. The third-order valence-corrected chi connectivity index (χ3v) is 2.44. The van der Waals surface area contributed by atoms with Crippen LogP contribution in [0.5, 0.6) is 5.75 Å². The van der Waals surface area contributed by atoms with Crippen LogP contribution in [-0.4, -0.2) is 20.2 Å². The molecule has 0 radical (unpaired) electrons. The Morgan fingerprint density at radius 2 is 2.36 bits per heavy atom. The number of rotatable bonds is 2. The highest BCUT2D eigenvalue weighted by atomic mass is 16.5. The van der Waals surface area contributed by atoms with Crippen LogP contribution in [0.2, 0.25) is 0 Å². The van der Waals surface area contributed by atoms with E-state index in [9.17, 15) is 0 Å². The molecule has 2 heteroatoms. The van der Waals surface area contributed by atoms with E-state index in [1.165, 1.54) is 11.1 Å². The highest BCUT2D eigenvalue weighted by molar-refractivity contribution is 5.55. The zero-order valence-electron chi connectivity index (χ0n) is 8.42. The maximum atomic E-state index is 5.17. The summed E-state index contributed by atoms with van der Waals surface area (Å²) in [7, 11) is 1.70. The second kappa shape index (κ2) is 4.29. The van der Waals surface area contributed by atoms with Gasteiger partial charge in [0, 0.05) is 6.54 Å². The summed E-state index contributed by atoms with van der Waals surface area (Å²) < 4.78 is 5.17. The van der Waals surface area contributed by atoms with Gasteiger partial charge in [0.1, 0.15) is 5.75 Å². The Bertz CT molecular complexity index is 336. The fourth-order valence-corrected chi connectivity index (χ4v) is 1.68. The van der Waals surface area contributed by atoms with E-state index in [4.69, 9.17) is 4.74 Å². The Labute approximate surface area is 84.6 Å². The summed E-state index contributed by atoms with van der Waals surface area (Å²) in [5.74, 6) is 0.922. The minimum absolute atomic E-state index is 0.922. The summed E-state index contributed by atoms with van der Waals surface area (Å²) in [5.41, 5.74) is 2.70. The summed E-state index contributed by atoms with van der Waals surface area (Å²) in [4.78, 5) is 0. The quantitative estimate of drug-likeness (QED) is 0.769. The van der Waals surface area contributed by atoms with E-state index < -0.39 is 0 Å². The Balaban J connectivity index is 2.19. The summed E-state index contributed by atoms with van der Waals surface area (Å²) >= 11 is 0. The largest absolute Gasteiger partial charge is 0.497 e. The fraction of sp³-hybridized carbons (Fsp3) is 0.333. The van der Waals surface area contributed by atoms with E-state index in [0.29, 0.717) is 0 Å². The molecule has 1 fully saturated rings. The SMILES string of the molecule is COc1cccc(C=C2CCNC2)c1. The van der Waals surface area contributed by atoms with E-state index in [1.807, 2.05) is 12.1 Å². The van der Waals surface area contributed by atoms with Crippen molar-refractivity contribution in [2.75, 3.05) is 20.2 Å². The third-order valence-electron chi connectivity index (χ3n) is 2.44. The normalized spacial score (nSPS) is 18.8. The predicted octanol–water partition coefficient (Wildman–Crippen LogP) is 2.07. The molecule has 1 aliphatic heterocycles. The van der Waals surface area contributed by atoms with Crippen LogP contribution >= 0.6 is 0 Å². The fourth-order valence-electron chi connectivity index (χ4n) is 1.68. The molecule has 0 atom stereocenters. The molecule has 1 aromatic rings. The van der Waals surface area contributed by atoms with Gasteiger partial charge in [-0.2, -0.15) is 0 Å². The van der Waals surface area contributed by atoms with Crippen molar-refractivity contribution in [1.29, 1.82) is 0 Å². The van der Waals surface area contributed by atoms with Crippen LogP contribution in [0.4, 0.5) is 0 Å². The zero-order valence-corrected chi connectivity index (χ0v) is 8.42. The Hall–Kier alpha value is -1.28. The van der Waals surface area contributed by atoms with E-state index >= 15 is 0 Å². The molecular weight excluding hydrogens is 174 g/mol. The smallest absolute Gasteiger partial charge is 0.119 e. The van der Waals surface area contributed by atoms with Crippen LogP contribution < -0.4 is 10.1 Å². The first-order valence-corrected chi connectivity index (χ1v) is 4.93. The molecule has 0 aromatic heterocycles. The van der Waals surface area contributed by atoms with Gasteiger partial charge in [-0.25, -0.2) is 0 Å². The van der Waals surface area contributed by atoms with E-state index in [1.54, 1.807) is 7.11 Å². The maximum absolute atomic E-state index is 5.17. The Kier molecular flexibility index (Phi) is 2.84. The van der Waals surface area contributed by atoms with Crippen LogP contribution in [0, 0.1) is 0 Å². The molecule has 0 aliphatic carbocycles. The average Bonchev–Trinajstić information content (AvgIpc) is 2.71. The maximum Gasteiger partial charge on any atom is 0.119 e. The van der Waals surface area contributed by atoms with Crippen molar-refractivity contribution in [3.05, 3.63) is 35.4 Å². The van der Waals surface area contributed by atoms with Gasteiger partial charge >= 0.3 is 0 Å². The monoisotopic (exact) mass is 189 g/mol. The minimum atomic E-state index is 0.922. The molecule has 1 N–H and O–H groups in total. The van der Waals surface area contributed by atoms with Crippen LogP contribution in [0.3, 0.4) is 0 Å². The van der Waals surface area contributed by atoms with Gasteiger partial charge in [-0.15, -0.1) is 0 Å². The molecule has 1 heterocycles. The average molecular weight is 189 g/mol. The molecule has 74 valence electrons.